The first kappa shape index (κ1) is 22.5. The lowest BCUT2D eigenvalue weighted by Gasteiger charge is -2.36. The molecule has 1 aromatic carbocycles. The number of aromatic nitrogens is 6. The van der Waals surface area contributed by atoms with Gasteiger partial charge < -0.3 is 10.6 Å². The molecule has 9 nitrogen and oxygen atoms in total. The van der Waals surface area contributed by atoms with Gasteiger partial charge in [-0.05, 0) is 56.0 Å². The predicted molar refractivity (Wildman–Crippen MR) is 141 cm³/mol. The summed E-state index contributed by atoms with van der Waals surface area (Å²) in [4.78, 5) is 33.5. The van der Waals surface area contributed by atoms with Crippen molar-refractivity contribution >= 4 is 39.8 Å². The number of nitrogen functional groups attached to an aromatic ring is 1. The highest BCUT2D eigenvalue weighted by molar-refractivity contribution is 6.29. The number of imidazole rings is 1. The molecule has 182 valence electrons. The fourth-order valence-corrected chi connectivity index (χ4v) is 5.51. The number of nitrogens with zero attached hydrogens (tertiary/aromatic N) is 7. The zero-order valence-corrected chi connectivity index (χ0v) is 21.0. The molecule has 5 heterocycles. The van der Waals surface area contributed by atoms with E-state index in [0.717, 1.165) is 47.4 Å². The van der Waals surface area contributed by atoms with Crippen LogP contribution in [-0.2, 0) is 13.5 Å². The highest BCUT2D eigenvalue weighted by atomic mass is 35.5. The van der Waals surface area contributed by atoms with E-state index in [4.69, 9.17) is 17.3 Å². The summed E-state index contributed by atoms with van der Waals surface area (Å²) in [7, 11) is 1.77. The van der Waals surface area contributed by atoms with Crippen LogP contribution in [-0.4, -0.2) is 35.4 Å². The van der Waals surface area contributed by atoms with E-state index in [1.807, 2.05) is 29.5 Å². The average molecular weight is 501 g/mol. The number of rotatable bonds is 3. The molecule has 1 atom stereocenters. The Hall–Kier alpha value is -3.98. The van der Waals surface area contributed by atoms with Gasteiger partial charge in [0.1, 0.15) is 22.8 Å². The number of nitrogens with two attached hydrogens (primary N) is 1. The number of hydrogen-bond acceptors (Lipinski definition) is 7. The van der Waals surface area contributed by atoms with Gasteiger partial charge in [0, 0.05) is 31.5 Å². The summed E-state index contributed by atoms with van der Waals surface area (Å²) in [6, 6.07) is 7.98. The normalized spacial score (nSPS) is 14.4. The van der Waals surface area contributed by atoms with Crippen LogP contribution in [0, 0.1) is 6.92 Å². The minimum atomic E-state index is -0.0831. The lowest BCUT2D eigenvalue weighted by atomic mass is 9.97. The molecule has 6 rings (SSSR count). The van der Waals surface area contributed by atoms with E-state index in [0.29, 0.717) is 27.4 Å². The molecule has 0 saturated heterocycles. The summed E-state index contributed by atoms with van der Waals surface area (Å²) in [5.74, 6) is 0.186. The summed E-state index contributed by atoms with van der Waals surface area (Å²) >= 11 is 6.19. The molecule has 1 aliphatic heterocycles. The van der Waals surface area contributed by atoms with E-state index in [2.05, 4.69) is 37.8 Å². The molecule has 1 aliphatic rings. The van der Waals surface area contributed by atoms with Crippen LogP contribution < -0.4 is 16.2 Å². The Bertz CT molecular complexity index is 1710. The van der Waals surface area contributed by atoms with Gasteiger partial charge in [0.25, 0.3) is 5.56 Å². The quantitative estimate of drug-likeness (QED) is 0.372. The van der Waals surface area contributed by atoms with E-state index >= 15 is 0 Å². The molecule has 0 amide bonds. The highest BCUT2D eigenvalue weighted by Crippen LogP contribution is 2.37. The fraction of sp³-hybridized carbons (Fsp3) is 0.269. The van der Waals surface area contributed by atoms with Crippen LogP contribution >= 0.6 is 11.6 Å². The van der Waals surface area contributed by atoms with Gasteiger partial charge in [-0.2, -0.15) is 0 Å². The number of pyridine rings is 1. The van der Waals surface area contributed by atoms with Gasteiger partial charge in [0.15, 0.2) is 0 Å². The van der Waals surface area contributed by atoms with Gasteiger partial charge in [-0.1, -0.05) is 17.7 Å². The number of halogens is 1. The second-order valence-electron chi connectivity index (χ2n) is 9.30. The van der Waals surface area contributed by atoms with Crippen molar-refractivity contribution in [2.75, 3.05) is 17.2 Å². The van der Waals surface area contributed by atoms with Crippen LogP contribution in [0.2, 0.25) is 5.15 Å². The number of hydrogen-bond donors (Lipinski definition) is 1. The Morgan fingerprint density at radius 3 is 2.69 bits per heavy atom. The first-order valence-electron chi connectivity index (χ1n) is 11.8. The van der Waals surface area contributed by atoms with Crippen LogP contribution in [0.25, 0.3) is 27.8 Å². The van der Waals surface area contributed by atoms with E-state index in [1.54, 1.807) is 30.3 Å². The minimum absolute atomic E-state index is 0.0181. The zero-order valence-electron chi connectivity index (χ0n) is 20.2. The standard InChI is InChI=1S/C26H25ClN8O/c1-14-9-17(15(2)34-8-4-5-19-20(34)6-7-21(27)32-19)23-18(10-14)25(36)33(3)24-22(31-13-35(23)24)16-11-29-26(28)30-12-16/h6-7,9-13,15H,4-5,8H2,1-3H3,(H2,28,29,30). The van der Waals surface area contributed by atoms with Gasteiger partial charge in [-0.15, -0.1) is 0 Å². The number of benzene rings is 1. The van der Waals surface area contributed by atoms with Crippen LogP contribution in [0.3, 0.4) is 0 Å². The van der Waals surface area contributed by atoms with Gasteiger partial charge in [0.05, 0.1) is 28.3 Å². The summed E-state index contributed by atoms with van der Waals surface area (Å²) in [6.07, 6.45) is 6.90. The highest BCUT2D eigenvalue weighted by Gasteiger charge is 2.27. The molecular formula is C26H25ClN8O. The number of anilines is 2. The zero-order chi connectivity index (χ0) is 25.1. The lowest BCUT2D eigenvalue weighted by molar-refractivity contribution is 0.609. The minimum Gasteiger partial charge on any atom is -0.368 e. The monoisotopic (exact) mass is 500 g/mol. The second kappa shape index (κ2) is 8.30. The van der Waals surface area contributed by atoms with Crippen molar-refractivity contribution < 1.29 is 0 Å². The predicted octanol–water partition coefficient (Wildman–Crippen LogP) is 4.10. The Morgan fingerprint density at radius 2 is 1.92 bits per heavy atom. The Morgan fingerprint density at radius 1 is 1.14 bits per heavy atom. The molecule has 36 heavy (non-hydrogen) atoms. The maximum absolute atomic E-state index is 13.6. The van der Waals surface area contributed by atoms with Gasteiger partial charge in [0.2, 0.25) is 5.95 Å². The van der Waals surface area contributed by atoms with E-state index in [1.165, 1.54) is 0 Å². The third kappa shape index (κ3) is 3.42. The number of fused-ring (bicyclic) bond motifs is 4. The van der Waals surface area contributed by atoms with Crippen molar-refractivity contribution in [2.45, 2.75) is 32.7 Å². The molecule has 0 aliphatic carbocycles. The van der Waals surface area contributed by atoms with Gasteiger partial charge >= 0.3 is 0 Å². The number of aryl methyl sites for hydroxylation is 3. The van der Waals surface area contributed by atoms with Crippen LogP contribution in [0.5, 0.6) is 0 Å². The Kier molecular flexibility index (Phi) is 5.19. The second-order valence-corrected chi connectivity index (χ2v) is 9.69. The Balaban J connectivity index is 1.61. The van der Waals surface area contributed by atoms with Crippen molar-refractivity contribution in [2.24, 2.45) is 7.05 Å². The SMILES string of the molecule is Cc1cc(C(C)N2CCCc3nc(Cl)ccc32)c2c(c1)c(=O)n(C)c1c(-c3cnc(N)nc3)ncn21. The maximum Gasteiger partial charge on any atom is 0.261 e. The van der Waals surface area contributed by atoms with Crippen molar-refractivity contribution in [3.63, 3.8) is 0 Å². The topological polar surface area (TPSA) is 107 Å². The lowest BCUT2D eigenvalue weighted by Crippen LogP contribution is -2.33. The molecule has 5 aromatic rings. The molecule has 0 radical (unpaired) electrons. The molecule has 0 saturated carbocycles. The largest absolute Gasteiger partial charge is 0.368 e. The first-order chi connectivity index (χ1) is 17.3. The molecule has 0 bridgehead atoms. The van der Waals surface area contributed by atoms with Crippen molar-refractivity contribution in [1.29, 1.82) is 0 Å². The molecule has 1 unspecified atom stereocenters. The van der Waals surface area contributed by atoms with Crippen LogP contribution in [0.4, 0.5) is 11.6 Å². The van der Waals surface area contributed by atoms with E-state index in [-0.39, 0.29) is 17.5 Å². The van der Waals surface area contributed by atoms with E-state index in [9.17, 15) is 4.79 Å². The third-order valence-electron chi connectivity index (χ3n) is 7.02. The molecule has 10 heteroatoms. The van der Waals surface area contributed by atoms with E-state index < -0.39 is 0 Å². The summed E-state index contributed by atoms with van der Waals surface area (Å²) < 4.78 is 3.63. The van der Waals surface area contributed by atoms with Crippen molar-refractivity contribution in [3.8, 4) is 11.3 Å². The van der Waals surface area contributed by atoms with Crippen molar-refractivity contribution in [1.82, 2.24) is 28.9 Å². The van der Waals surface area contributed by atoms with Crippen LogP contribution in [0.1, 0.15) is 36.2 Å². The van der Waals surface area contributed by atoms with Crippen LogP contribution in [0.15, 0.2) is 47.8 Å². The molecule has 4 aromatic heterocycles. The first-order valence-corrected chi connectivity index (χ1v) is 12.2. The van der Waals surface area contributed by atoms with Crippen molar-refractivity contribution in [3.05, 3.63) is 75.3 Å². The van der Waals surface area contributed by atoms with Gasteiger partial charge in [-0.25, -0.2) is 19.9 Å². The molecule has 0 fully saturated rings. The molecule has 2 N–H and O–H groups in total. The third-order valence-corrected chi connectivity index (χ3v) is 7.23. The maximum atomic E-state index is 13.6. The summed E-state index contributed by atoms with van der Waals surface area (Å²) in [5, 5.41) is 1.16. The molecular weight excluding hydrogens is 476 g/mol. The smallest absolute Gasteiger partial charge is 0.261 e. The fourth-order valence-electron chi connectivity index (χ4n) is 5.34. The van der Waals surface area contributed by atoms with Gasteiger partial charge in [-0.3, -0.25) is 13.8 Å². The Labute approximate surface area is 212 Å². The molecule has 0 spiro atoms. The summed E-state index contributed by atoms with van der Waals surface area (Å²) in [6.45, 7) is 5.08. The average Bonchev–Trinajstić information content (AvgIpc) is 3.31. The summed E-state index contributed by atoms with van der Waals surface area (Å²) in [5.41, 5.74) is 12.6.